The fourth-order valence-electron chi connectivity index (χ4n) is 0.122. The van der Waals surface area contributed by atoms with Gasteiger partial charge in [-0.1, -0.05) is 0 Å². The minimum absolute atomic E-state index is 0.196. The van der Waals surface area contributed by atoms with E-state index in [1.807, 2.05) is 0 Å². The first-order valence-corrected chi connectivity index (χ1v) is 1.81. The second-order valence-corrected chi connectivity index (χ2v) is 0.869. The molecule has 0 aliphatic heterocycles. The van der Waals surface area contributed by atoms with Gasteiger partial charge in [0.05, 0.1) is 0 Å². The maximum atomic E-state index is 6.52. The van der Waals surface area contributed by atoms with E-state index < -0.39 is 0 Å². The molecule has 0 heterocycles. The van der Waals surface area contributed by atoms with Crippen LogP contribution in [0.5, 0.6) is 0 Å². The molecule has 4 N–H and O–H groups in total. The van der Waals surface area contributed by atoms with E-state index in [0.717, 1.165) is 0 Å². The predicted octanol–water partition coefficient (Wildman–Crippen LogP) is -0.417. The van der Waals surface area contributed by atoms with Gasteiger partial charge in [-0.05, 0) is 6.92 Å². The quantitative estimate of drug-likeness (QED) is 0.252. The van der Waals surface area contributed by atoms with Crippen molar-refractivity contribution in [3.8, 4) is 0 Å². The van der Waals surface area contributed by atoms with Crippen LogP contribution in [0.15, 0.2) is 0 Å². The lowest BCUT2D eigenvalue weighted by atomic mass is 10.9. The molecule has 0 aromatic heterocycles. The van der Waals surface area contributed by atoms with E-state index in [-0.39, 0.29) is 5.96 Å². The summed E-state index contributed by atoms with van der Waals surface area (Å²) in [6.45, 7) is 3.07. The van der Waals surface area contributed by atoms with E-state index in [2.05, 4.69) is 10.3 Å². The van der Waals surface area contributed by atoms with Gasteiger partial charge in [0, 0.05) is 0 Å². The highest BCUT2D eigenvalue weighted by Crippen LogP contribution is 1.66. The Kier molecular flexibility index (Phi) is 3.04. The summed E-state index contributed by atoms with van der Waals surface area (Å²) in [5, 5.41) is 6.52. The van der Waals surface area contributed by atoms with Crippen molar-refractivity contribution >= 4 is 5.96 Å². The van der Waals surface area contributed by atoms with Crippen molar-refractivity contribution < 1.29 is 4.84 Å². The lowest BCUT2D eigenvalue weighted by Crippen LogP contribution is -2.29. The fraction of sp³-hybridized carbons (Fsp3) is 0.333. The summed E-state index contributed by atoms with van der Waals surface area (Å²) in [4.78, 5) is 4.37. The van der Waals surface area contributed by atoms with Crippen LogP contribution in [0.25, 0.3) is 0 Å². The van der Waals surface area contributed by atoms with Crippen LogP contribution < -0.4 is 11.2 Å². The van der Waals surface area contributed by atoms with E-state index in [1.54, 1.807) is 6.92 Å². The number of rotatable bonds is 2. The van der Waals surface area contributed by atoms with Crippen LogP contribution >= 0.6 is 0 Å². The summed E-state index contributed by atoms with van der Waals surface area (Å²) < 4.78 is 0. The smallest absolute Gasteiger partial charge is 0.210 e. The molecule has 0 aliphatic carbocycles. The molecule has 7 heavy (non-hydrogen) atoms. The zero-order chi connectivity index (χ0) is 5.70. The highest BCUT2D eigenvalue weighted by atomic mass is 16.6. The molecule has 0 aromatic rings. The molecule has 0 bridgehead atoms. The average molecular weight is 102 g/mol. The van der Waals surface area contributed by atoms with Crippen molar-refractivity contribution in [2.75, 3.05) is 0 Å². The number of nitrogens with two attached hydrogens (primary N) is 1. The molecular weight excluding hydrogens is 94.1 g/mol. The van der Waals surface area contributed by atoms with E-state index in [9.17, 15) is 0 Å². The number of hydrogen-bond acceptors (Lipinski definition) is 2. The lowest BCUT2D eigenvalue weighted by molar-refractivity contribution is 0.149. The van der Waals surface area contributed by atoms with Crippen molar-refractivity contribution in [3.63, 3.8) is 0 Å². The molecule has 0 atom stereocenters. The Labute approximate surface area is 42.1 Å². The van der Waals surface area contributed by atoms with Gasteiger partial charge in [-0.2, -0.15) is 0 Å². The third kappa shape index (κ3) is 5.23. The molecule has 0 saturated heterocycles. The van der Waals surface area contributed by atoms with E-state index >= 15 is 0 Å². The van der Waals surface area contributed by atoms with Gasteiger partial charge in [0.1, 0.15) is 6.61 Å². The van der Waals surface area contributed by atoms with E-state index in [0.29, 0.717) is 0 Å². The van der Waals surface area contributed by atoms with Gasteiger partial charge in [0.2, 0.25) is 5.96 Å². The van der Waals surface area contributed by atoms with Gasteiger partial charge in [-0.3, -0.25) is 10.2 Å². The van der Waals surface area contributed by atoms with Crippen molar-refractivity contribution in [3.05, 3.63) is 6.61 Å². The first-order valence-electron chi connectivity index (χ1n) is 1.81. The molecule has 0 aromatic carbocycles. The second kappa shape index (κ2) is 3.42. The molecule has 0 rings (SSSR count). The zero-order valence-electron chi connectivity index (χ0n) is 4.06. The normalized spacial score (nSPS) is 8.14. The Morgan fingerprint density at radius 2 is 2.57 bits per heavy atom. The van der Waals surface area contributed by atoms with Gasteiger partial charge in [-0.25, -0.2) is 5.48 Å². The Morgan fingerprint density at radius 3 is 2.71 bits per heavy atom. The van der Waals surface area contributed by atoms with Crippen molar-refractivity contribution in [1.82, 2.24) is 5.48 Å². The van der Waals surface area contributed by atoms with Crippen LogP contribution in [0.3, 0.4) is 0 Å². The molecule has 0 saturated carbocycles. The number of nitrogens with one attached hydrogen (secondary N) is 2. The molecular formula is C3H8N3O. The van der Waals surface area contributed by atoms with Crippen LogP contribution in [0.4, 0.5) is 0 Å². The average Bonchev–Trinajstić information content (AvgIpc) is 1.61. The lowest BCUT2D eigenvalue weighted by Gasteiger charge is -1.97. The first-order chi connectivity index (χ1) is 3.27. The van der Waals surface area contributed by atoms with Gasteiger partial charge in [0.15, 0.2) is 0 Å². The van der Waals surface area contributed by atoms with Gasteiger partial charge < -0.3 is 5.73 Å². The van der Waals surface area contributed by atoms with Crippen molar-refractivity contribution in [1.29, 1.82) is 5.41 Å². The number of guanidine groups is 1. The summed E-state index contributed by atoms with van der Waals surface area (Å²) in [6.07, 6.45) is 0. The fourth-order valence-corrected chi connectivity index (χ4v) is 0.122. The van der Waals surface area contributed by atoms with Crippen molar-refractivity contribution in [2.45, 2.75) is 6.92 Å². The SMILES string of the molecule is C[CH]ONC(=N)N. The Hall–Kier alpha value is -0.770. The summed E-state index contributed by atoms with van der Waals surface area (Å²) >= 11 is 0. The molecule has 0 aliphatic rings. The monoisotopic (exact) mass is 102 g/mol. The third-order valence-corrected chi connectivity index (χ3v) is 0.287. The summed E-state index contributed by atoms with van der Waals surface area (Å²) in [7, 11) is 0. The largest absolute Gasteiger partial charge is 0.368 e. The summed E-state index contributed by atoms with van der Waals surface area (Å²) in [6, 6.07) is 0. The van der Waals surface area contributed by atoms with Crippen LogP contribution in [0.2, 0.25) is 0 Å². The standard InChI is InChI=1S/C3H8N3O/c1-2-7-6-3(4)5/h2H,1H3,(H4,4,5,6). The molecule has 4 heteroatoms. The Bertz CT molecular complexity index is 63.2. The summed E-state index contributed by atoms with van der Waals surface area (Å²) in [5.74, 6) is -0.196. The number of hydrogen-bond donors (Lipinski definition) is 3. The molecule has 0 amide bonds. The maximum Gasteiger partial charge on any atom is 0.210 e. The molecule has 1 radical (unpaired) electrons. The van der Waals surface area contributed by atoms with E-state index in [4.69, 9.17) is 11.1 Å². The minimum atomic E-state index is -0.196. The van der Waals surface area contributed by atoms with Gasteiger partial charge in [0.25, 0.3) is 0 Å². The third-order valence-electron chi connectivity index (χ3n) is 0.287. The predicted molar refractivity (Wildman–Crippen MR) is 26.1 cm³/mol. The zero-order valence-corrected chi connectivity index (χ0v) is 4.06. The highest BCUT2D eigenvalue weighted by Gasteiger charge is 1.79. The molecule has 0 spiro atoms. The maximum absolute atomic E-state index is 6.52. The van der Waals surface area contributed by atoms with Gasteiger partial charge in [-0.15, -0.1) is 0 Å². The molecule has 4 nitrogen and oxygen atoms in total. The first kappa shape index (κ1) is 6.23. The Morgan fingerprint density at radius 1 is 2.00 bits per heavy atom. The molecule has 41 valence electrons. The highest BCUT2D eigenvalue weighted by molar-refractivity contribution is 5.72. The van der Waals surface area contributed by atoms with Crippen LogP contribution in [-0.4, -0.2) is 5.96 Å². The van der Waals surface area contributed by atoms with Crippen LogP contribution in [0, 0.1) is 12.0 Å². The Balaban J connectivity index is 2.82. The van der Waals surface area contributed by atoms with Crippen LogP contribution in [-0.2, 0) is 4.84 Å². The molecule has 0 unspecified atom stereocenters. The minimum Gasteiger partial charge on any atom is -0.368 e. The van der Waals surface area contributed by atoms with Crippen molar-refractivity contribution in [2.24, 2.45) is 5.73 Å². The topological polar surface area (TPSA) is 71.1 Å². The van der Waals surface area contributed by atoms with E-state index in [1.165, 1.54) is 6.61 Å². The number of hydroxylamine groups is 1. The second-order valence-electron chi connectivity index (χ2n) is 0.869. The molecule has 0 fully saturated rings. The van der Waals surface area contributed by atoms with Crippen LogP contribution in [0.1, 0.15) is 6.92 Å². The van der Waals surface area contributed by atoms with Gasteiger partial charge >= 0.3 is 0 Å². The summed E-state index contributed by atoms with van der Waals surface area (Å²) in [5.41, 5.74) is 6.91.